The summed E-state index contributed by atoms with van der Waals surface area (Å²) in [6.07, 6.45) is 0. The smallest absolute Gasteiger partial charge is 0.372 e. The molecule has 1 aromatic heterocycles. The highest BCUT2D eigenvalue weighted by molar-refractivity contribution is 5.77. The van der Waals surface area contributed by atoms with Gasteiger partial charge in [-0.1, -0.05) is 24.3 Å². The quantitative estimate of drug-likeness (QED) is 0.726. The van der Waals surface area contributed by atoms with Gasteiger partial charge in [0.05, 0.1) is 17.4 Å². The van der Waals surface area contributed by atoms with Crippen LogP contribution in [0.4, 0.5) is 4.39 Å². The molecule has 0 radical (unpaired) electrons. The highest BCUT2D eigenvalue weighted by Crippen LogP contribution is 2.13. The number of rotatable bonds is 2. The molecule has 106 valence electrons. The van der Waals surface area contributed by atoms with E-state index in [1.54, 1.807) is 43.3 Å². The summed E-state index contributed by atoms with van der Waals surface area (Å²) in [5.74, 6) is -1.02. The molecule has 21 heavy (non-hydrogen) atoms. The zero-order valence-corrected chi connectivity index (χ0v) is 11.3. The van der Waals surface area contributed by atoms with Gasteiger partial charge in [-0.2, -0.15) is 0 Å². The van der Waals surface area contributed by atoms with Crippen molar-refractivity contribution in [2.45, 2.75) is 13.5 Å². The Balaban J connectivity index is 2.18. The second kappa shape index (κ2) is 5.01. The van der Waals surface area contributed by atoms with Crippen LogP contribution >= 0.6 is 0 Å². The van der Waals surface area contributed by atoms with Crippen molar-refractivity contribution < 1.29 is 8.81 Å². The maximum absolute atomic E-state index is 13.3. The number of fused-ring (bicyclic) bond motifs is 1. The third kappa shape index (κ3) is 2.38. The van der Waals surface area contributed by atoms with E-state index in [0.717, 1.165) is 5.56 Å². The van der Waals surface area contributed by atoms with Gasteiger partial charge < -0.3 is 4.42 Å². The third-order valence-corrected chi connectivity index (χ3v) is 3.38. The maximum atomic E-state index is 13.3. The molecule has 0 N–H and O–H groups in total. The molecule has 3 rings (SSSR count). The molecule has 0 saturated heterocycles. The van der Waals surface area contributed by atoms with Crippen molar-refractivity contribution in [3.8, 4) is 0 Å². The number of hydrogen-bond acceptors (Lipinski definition) is 3. The molecule has 4 nitrogen and oxygen atoms in total. The lowest BCUT2D eigenvalue weighted by Crippen LogP contribution is -2.25. The van der Waals surface area contributed by atoms with Crippen LogP contribution in [0.1, 0.15) is 11.1 Å². The number of nitrogens with zero attached hydrogens (tertiary/aromatic N) is 1. The lowest BCUT2D eigenvalue weighted by atomic mass is 10.1. The minimum absolute atomic E-state index is 0.213. The van der Waals surface area contributed by atoms with E-state index in [2.05, 4.69) is 0 Å². The molecule has 0 bridgehead atoms. The van der Waals surface area contributed by atoms with Crippen LogP contribution in [-0.4, -0.2) is 4.57 Å². The predicted octanol–water partition coefficient (Wildman–Crippen LogP) is 2.45. The molecule has 0 aliphatic heterocycles. The summed E-state index contributed by atoms with van der Waals surface area (Å²) in [5, 5.41) is 0.343. The SMILES string of the molecule is Cc1cc(Cn2c(=O)oc(=O)c3ccccc32)ccc1F. The summed E-state index contributed by atoms with van der Waals surface area (Å²) in [4.78, 5) is 23.6. The molecular formula is C16H12FNO3. The van der Waals surface area contributed by atoms with Crippen molar-refractivity contribution in [2.24, 2.45) is 0 Å². The third-order valence-electron chi connectivity index (χ3n) is 3.38. The summed E-state index contributed by atoms with van der Waals surface area (Å²) in [7, 11) is 0. The van der Waals surface area contributed by atoms with Crippen LogP contribution in [0.2, 0.25) is 0 Å². The fourth-order valence-electron chi connectivity index (χ4n) is 2.31. The molecular weight excluding hydrogens is 273 g/mol. The van der Waals surface area contributed by atoms with Crippen molar-refractivity contribution >= 4 is 10.9 Å². The van der Waals surface area contributed by atoms with Gasteiger partial charge in [-0.05, 0) is 36.2 Å². The Morgan fingerprint density at radius 3 is 2.67 bits per heavy atom. The highest BCUT2D eigenvalue weighted by Gasteiger charge is 2.09. The van der Waals surface area contributed by atoms with Gasteiger partial charge in [-0.15, -0.1) is 0 Å². The van der Waals surface area contributed by atoms with E-state index in [0.29, 0.717) is 16.5 Å². The van der Waals surface area contributed by atoms with Crippen molar-refractivity contribution in [2.75, 3.05) is 0 Å². The molecule has 0 unspecified atom stereocenters. The van der Waals surface area contributed by atoms with Gasteiger partial charge in [0.25, 0.3) is 0 Å². The number of para-hydroxylation sites is 1. The molecule has 0 aliphatic carbocycles. The molecule has 0 aliphatic rings. The normalized spacial score (nSPS) is 11.0. The molecule has 0 saturated carbocycles. The zero-order chi connectivity index (χ0) is 15.0. The van der Waals surface area contributed by atoms with Gasteiger partial charge in [0, 0.05) is 0 Å². The standard InChI is InChI=1S/C16H12FNO3/c1-10-8-11(6-7-13(10)17)9-18-14-5-3-2-4-12(14)15(19)21-16(18)20/h2-8H,9H2,1H3. The molecule has 0 spiro atoms. The molecule has 0 fully saturated rings. The van der Waals surface area contributed by atoms with Crippen LogP contribution < -0.4 is 11.4 Å². The predicted molar refractivity (Wildman–Crippen MR) is 77.0 cm³/mol. The highest BCUT2D eigenvalue weighted by atomic mass is 19.1. The van der Waals surface area contributed by atoms with Gasteiger partial charge >= 0.3 is 11.4 Å². The van der Waals surface area contributed by atoms with Gasteiger partial charge in [0.2, 0.25) is 0 Å². The lowest BCUT2D eigenvalue weighted by molar-refractivity contribution is 0.424. The van der Waals surface area contributed by atoms with Crippen LogP contribution in [0.5, 0.6) is 0 Å². The van der Waals surface area contributed by atoms with Gasteiger partial charge in [-0.3, -0.25) is 4.57 Å². The number of benzene rings is 2. The number of aromatic nitrogens is 1. The Kier molecular flexibility index (Phi) is 3.17. The van der Waals surface area contributed by atoms with Crippen molar-refractivity contribution in [3.05, 3.63) is 80.4 Å². The first-order valence-corrected chi connectivity index (χ1v) is 6.44. The monoisotopic (exact) mass is 285 g/mol. The summed E-state index contributed by atoms with van der Waals surface area (Å²) >= 11 is 0. The number of aryl methyl sites for hydroxylation is 1. The molecule has 3 aromatic rings. The van der Waals surface area contributed by atoms with Crippen LogP contribution in [0.15, 0.2) is 56.5 Å². The fraction of sp³-hybridized carbons (Fsp3) is 0.125. The van der Waals surface area contributed by atoms with Crippen LogP contribution in [0.25, 0.3) is 10.9 Å². The van der Waals surface area contributed by atoms with E-state index >= 15 is 0 Å². The lowest BCUT2D eigenvalue weighted by Gasteiger charge is -2.09. The summed E-state index contributed by atoms with van der Waals surface area (Å²) in [6, 6.07) is 11.4. The van der Waals surface area contributed by atoms with E-state index in [-0.39, 0.29) is 12.4 Å². The van der Waals surface area contributed by atoms with Crippen molar-refractivity contribution in [3.63, 3.8) is 0 Å². The van der Waals surface area contributed by atoms with Crippen molar-refractivity contribution in [1.29, 1.82) is 0 Å². The molecule has 0 amide bonds. The first-order valence-electron chi connectivity index (χ1n) is 6.44. The minimum atomic E-state index is -0.722. The number of hydrogen-bond donors (Lipinski definition) is 0. The topological polar surface area (TPSA) is 52.2 Å². The minimum Gasteiger partial charge on any atom is -0.372 e. The fourth-order valence-corrected chi connectivity index (χ4v) is 2.31. The van der Waals surface area contributed by atoms with E-state index < -0.39 is 11.4 Å². The van der Waals surface area contributed by atoms with Crippen LogP contribution in [0, 0.1) is 12.7 Å². The second-order valence-electron chi connectivity index (χ2n) is 4.84. The van der Waals surface area contributed by atoms with Crippen LogP contribution in [0.3, 0.4) is 0 Å². The average molecular weight is 285 g/mol. The molecule has 0 atom stereocenters. The first-order chi connectivity index (χ1) is 10.1. The van der Waals surface area contributed by atoms with E-state index in [1.807, 2.05) is 0 Å². The Morgan fingerprint density at radius 1 is 1.14 bits per heavy atom. The van der Waals surface area contributed by atoms with Crippen molar-refractivity contribution in [1.82, 2.24) is 4.57 Å². The van der Waals surface area contributed by atoms with E-state index in [4.69, 9.17) is 4.42 Å². The largest absolute Gasteiger partial charge is 0.422 e. The second-order valence-corrected chi connectivity index (χ2v) is 4.84. The Labute approximate surface area is 119 Å². The zero-order valence-electron chi connectivity index (χ0n) is 11.3. The molecule has 1 heterocycles. The summed E-state index contributed by atoms with van der Waals surface area (Å²) in [5.41, 5.74) is 1.11. The van der Waals surface area contributed by atoms with Crippen LogP contribution in [-0.2, 0) is 6.54 Å². The first kappa shape index (κ1) is 13.3. The van der Waals surface area contributed by atoms with E-state index in [1.165, 1.54) is 10.6 Å². The average Bonchev–Trinajstić information content (AvgIpc) is 2.47. The molecule has 2 aromatic carbocycles. The van der Waals surface area contributed by atoms with Gasteiger partial charge in [0.15, 0.2) is 0 Å². The van der Waals surface area contributed by atoms with Gasteiger partial charge in [-0.25, -0.2) is 14.0 Å². The number of halogens is 1. The summed E-state index contributed by atoms with van der Waals surface area (Å²) < 4.78 is 19.4. The van der Waals surface area contributed by atoms with E-state index in [9.17, 15) is 14.0 Å². The van der Waals surface area contributed by atoms with Gasteiger partial charge in [0.1, 0.15) is 5.82 Å². The Morgan fingerprint density at radius 2 is 1.90 bits per heavy atom. The maximum Gasteiger partial charge on any atom is 0.422 e. The Bertz CT molecular complexity index is 940. The Hall–Kier alpha value is -2.69. The molecule has 5 heteroatoms. The summed E-state index contributed by atoms with van der Waals surface area (Å²) in [6.45, 7) is 1.87.